The molecule has 0 fully saturated rings. The molecule has 4 aromatic rings. The summed E-state index contributed by atoms with van der Waals surface area (Å²) in [5.41, 5.74) is 3.24. The highest BCUT2D eigenvalue weighted by Crippen LogP contribution is 2.20. The number of hydrogen-bond acceptors (Lipinski definition) is 3. The summed E-state index contributed by atoms with van der Waals surface area (Å²) < 4.78 is 1.98. The van der Waals surface area contributed by atoms with Gasteiger partial charge in [-0.25, -0.2) is 9.97 Å². The molecule has 0 aliphatic heterocycles. The molecule has 2 heterocycles. The van der Waals surface area contributed by atoms with Gasteiger partial charge in [-0.05, 0) is 23.3 Å². The Hall–Kier alpha value is -3.40. The number of aromatic nitrogens is 3. The third kappa shape index (κ3) is 3.43. The first-order valence-electron chi connectivity index (χ1n) is 8.24. The minimum Gasteiger partial charge on any atom is -0.365 e. The molecular weight excluding hydrogens is 308 g/mol. The van der Waals surface area contributed by atoms with E-state index in [0.717, 1.165) is 23.6 Å². The van der Waals surface area contributed by atoms with Crippen LogP contribution in [0, 0.1) is 0 Å². The van der Waals surface area contributed by atoms with Crippen LogP contribution >= 0.6 is 0 Å². The van der Waals surface area contributed by atoms with E-state index in [-0.39, 0.29) is 0 Å². The number of fused-ring (bicyclic) bond motifs is 1. The summed E-state index contributed by atoms with van der Waals surface area (Å²) in [7, 11) is 0. The SMILES string of the molecule is C(=C\c1nc2ncccn2c1NCc1ccccc1)/c1ccccc1. The van der Waals surface area contributed by atoms with E-state index in [0.29, 0.717) is 5.78 Å². The molecule has 0 unspecified atom stereocenters. The van der Waals surface area contributed by atoms with Gasteiger partial charge in [0.25, 0.3) is 0 Å². The highest BCUT2D eigenvalue weighted by atomic mass is 15.2. The van der Waals surface area contributed by atoms with Gasteiger partial charge in [0.15, 0.2) is 0 Å². The summed E-state index contributed by atoms with van der Waals surface area (Å²) in [5.74, 6) is 1.63. The number of hydrogen-bond donors (Lipinski definition) is 1. The molecule has 0 atom stereocenters. The van der Waals surface area contributed by atoms with Crippen LogP contribution in [0.15, 0.2) is 79.1 Å². The molecule has 0 spiro atoms. The molecule has 4 heteroatoms. The van der Waals surface area contributed by atoms with Crippen molar-refractivity contribution in [2.24, 2.45) is 0 Å². The molecule has 0 aliphatic rings. The number of benzene rings is 2. The average Bonchev–Trinajstić information content (AvgIpc) is 3.04. The van der Waals surface area contributed by atoms with Crippen molar-refractivity contribution in [1.29, 1.82) is 0 Å². The largest absolute Gasteiger partial charge is 0.365 e. The molecule has 25 heavy (non-hydrogen) atoms. The molecule has 1 N–H and O–H groups in total. The van der Waals surface area contributed by atoms with E-state index >= 15 is 0 Å². The topological polar surface area (TPSA) is 42.2 Å². The van der Waals surface area contributed by atoms with Crippen LogP contribution in [0.3, 0.4) is 0 Å². The Morgan fingerprint density at radius 3 is 2.44 bits per heavy atom. The summed E-state index contributed by atoms with van der Waals surface area (Å²) in [4.78, 5) is 8.99. The van der Waals surface area contributed by atoms with Crippen molar-refractivity contribution < 1.29 is 0 Å². The lowest BCUT2D eigenvalue weighted by molar-refractivity contribution is 1.06. The predicted molar refractivity (Wildman–Crippen MR) is 102 cm³/mol. The van der Waals surface area contributed by atoms with Gasteiger partial charge in [-0.1, -0.05) is 66.7 Å². The lowest BCUT2D eigenvalue weighted by Crippen LogP contribution is -2.03. The fourth-order valence-corrected chi connectivity index (χ4v) is 2.72. The fraction of sp³-hybridized carbons (Fsp3) is 0.0476. The van der Waals surface area contributed by atoms with Gasteiger partial charge >= 0.3 is 0 Å². The maximum atomic E-state index is 4.64. The summed E-state index contributed by atoms with van der Waals surface area (Å²) in [6, 6.07) is 22.4. The molecule has 2 aromatic carbocycles. The van der Waals surface area contributed by atoms with Crippen LogP contribution in [-0.2, 0) is 6.54 Å². The molecule has 2 aromatic heterocycles. The van der Waals surface area contributed by atoms with Gasteiger partial charge in [0.05, 0.1) is 0 Å². The van der Waals surface area contributed by atoms with Crippen LogP contribution in [0.25, 0.3) is 17.9 Å². The Labute approximate surface area is 146 Å². The van der Waals surface area contributed by atoms with Crippen molar-refractivity contribution in [2.45, 2.75) is 6.54 Å². The maximum absolute atomic E-state index is 4.64. The Morgan fingerprint density at radius 1 is 0.880 bits per heavy atom. The van der Waals surface area contributed by atoms with E-state index in [9.17, 15) is 0 Å². The van der Waals surface area contributed by atoms with Crippen molar-refractivity contribution in [2.75, 3.05) is 5.32 Å². The molecule has 4 rings (SSSR count). The van der Waals surface area contributed by atoms with Gasteiger partial charge in [0, 0.05) is 18.9 Å². The number of rotatable bonds is 5. The zero-order valence-electron chi connectivity index (χ0n) is 13.7. The Morgan fingerprint density at radius 2 is 1.64 bits per heavy atom. The van der Waals surface area contributed by atoms with Crippen LogP contribution in [0.5, 0.6) is 0 Å². The van der Waals surface area contributed by atoms with Gasteiger partial charge in [0.2, 0.25) is 5.78 Å². The third-order valence-electron chi connectivity index (χ3n) is 3.97. The number of nitrogens with zero attached hydrogens (tertiary/aromatic N) is 3. The first kappa shape index (κ1) is 15.1. The summed E-state index contributed by atoms with van der Waals surface area (Å²) in [6.45, 7) is 0.732. The van der Waals surface area contributed by atoms with E-state index in [1.54, 1.807) is 6.20 Å². The first-order chi connectivity index (χ1) is 12.4. The monoisotopic (exact) mass is 326 g/mol. The molecular formula is C21H18N4. The smallest absolute Gasteiger partial charge is 0.235 e. The second-order valence-corrected chi connectivity index (χ2v) is 5.72. The quantitative estimate of drug-likeness (QED) is 0.586. The van der Waals surface area contributed by atoms with E-state index in [1.165, 1.54) is 5.56 Å². The third-order valence-corrected chi connectivity index (χ3v) is 3.97. The molecule has 0 aliphatic carbocycles. The Balaban J connectivity index is 1.67. The predicted octanol–water partition coefficient (Wildman–Crippen LogP) is 4.51. The van der Waals surface area contributed by atoms with E-state index in [2.05, 4.69) is 45.6 Å². The van der Waals surface area contributed by atoms with Crippen molar-refractivity contribution in [3.63, 3.8) is 0 Å². The summed E-state index contributed by atoms with van der Waals surface area (Å²) in [6.07, 6.45) is 7.82. The zero-order valence-corrected chi connectivity index (χ0v) is 13.7. The molecule has 0 radical (unpaired) electrons. The highest BCUT2D eigenvalue weighted by Gasteiger charge is 2.10. The van der Waals surface area contributed by atoms with Crippen LogP contribution < -0.4 is 5.32 Å². The summed E-state index contributed by atoms with van der Waals surface area (Å²) >= 11 is 0. The van der Waals surface area contributed by atoms with Gasteiger partial charge < -0.3 is 5.32 Å². The molecule has 122 valence electrons. The Kier molecular flexibility index (Phi) is 4.25. The van der Waals surface area contributed by atoms with Gasteiger partial charge in [0.1, 0.15) is 11.5 Å². The Bertz CT molecular complexity index is 988. The van der Waals surface area contributed by atoms with Crippen molar-refractivity contribution in [3.05, 3.63) is 95.9 Å². The van der Waals surface area contributed by atoms with Crippen molar-refractivity contribution in [3.8, 4) is 0 Å². The standard InChI is InChI=1S/C21H18N4/c1-3-8-17(9-4-1)12-13-19-20(23-16-18-10-5-2-6-11-18)25-15-7-14-22-21(25)24-19/h1-15,23H,16H2/b13-12+. The van der Waals surface area contributed by atoms with Crippen molar-refractivity contribution in [1.82, 2.24) is 14.4 Å². The number of imidazole rings is 1. The molecule has 0 amide bonds. The van der Waals surface area contributed by atoms with Crippen LogP contribution in [-0.4, -0.2) is 14.4 Å². The van der Waals surface area contributed by atoms with Crippen LogP contribution in [0.2, 0.25) is 0 Å². The zero-order chi connectivity index (χ0) is 16.9. The number of anilines is 1. The average molecular weight is 326 g/mol. The summed E-state index contributed by atoms with van der Waals surface area (Å²) in [5, 5.41) is 3.50. The lowest BCUT2D eigenvalue weighted by Gasteiger charge is -2.07. The molecule has 0 saturated heterocycles. The fourth-order valence-electron chi connectivity index (χ4n) is 2.72. The molecule has 4 nitrogen and oxygen atoms in total. The van der Waals surface area contributed by atoms with E-state index < -0.39 is 0 Å². The maximum Gasteiger partial charge on any atom is 0.235 e. The normalized spacial score (nSPS) is 11.2. The van der Waals surface area contributed by atoms with Gasteiger partial charge in [-0.3, -0.25) is 4.40 Å². The lowest BCUT2D eigenvalue weighted by atomic mass is 10.2. The van der Waals surface area contributed by atoms with Gasteiger partial charge in [-0.2, -0.15) is 0 Å². The minimum atomic E-state index is 0.686. The van der Waals surface area contributed by atoms with Crippen LogP contribution in [0.1, 0.15) is 16.8 Å². The van der Waals surface area contributed by atoms with E-state index in [1.807, 2.05) is 59.1 Å². The van der Waals surface area contributed by atoms with E-state index in [4.69, 9.17) is 0 Å². The second-order valence-electron chi connectivity index (χ2n) is 5.72. The molecule has 0 saturated carbocycles. The number of nitrogens with one attached hydrogen (secondary N) is 1. The first-order valence-corrected chi connectivity index (χ1v) is 8.24. The molecule has 0 bridgehead atoms. The van der Waals surface area contributed by atoms with Gasteiger partial charge in [-0.15, -0.1) is 0 Å². The second kappa shape index (κ2) is 7.01. The highest BCUT2D eigenvalue weighted by molar-refractivity contribution is 5.75. The van der Waals surface area contributed by atoms with Crippen LogP contribution in [0.4, 0.5) is 5.82 Å². The van der Waals surface area contributed by atoms with Crippen molar-refractivity contribution >= 4 is 23.7 Å². The minimum absolute atomic E-state index is 0.686.